The number of hydrogen-bond acceptors (Lipinski definition) is 2. The Morgan fingerprint density at radius 1 is 0.333 bits per heavy atom. The highest BCUT2D eigenvalue weighted by atomic mass is 16.3. The van der Waals surface area contributed by atoms with Crippen molar-refractivity contribution in [3.05, 3.63) is 164 Å². The molecular weight excluding hydrogens is 510 g/mol. The molecule has 0 aliphatic carbocycles. The molecule has 0 aliphatic heterocycles. The van der Waals surface area contributed by atoms with E-state index in [-0.39, 0.29) is 0 Å². The van der Waals surface area contributed by atoms with E-state index in [0.717, 1.165) is 44.4 Å². The summed E-state index contributed by atoms with van der Waals surface area (Å²) in [7, 11) is 0. The maximum absolute atomic E-state index is 6.15. The van der Waals surface area contributed by atoms with Gasteiger partial charge in [-0.15, -0.1) is 0 Å². The Morgan fingerprint density at radius 2 is 0.952 bits per heavy atom. The van der Waals surface area contributed by atoms with Gasteiger partial charge >= 0.3 is 0 Å². The van der Waals surface area contributed by atoms with E-state index in [0.29, 0.717) is 0 Å². The van der Waals surface area contributed by atoms with Crippen LogP contribution in [0.15, 0.2) is 168 Å². The van der Waals surface area contributed by atoms with Crippen LogP contribution in [0.5, 0.6) is 0 Å². The van der Waals surface area contributed by atoms with Crippen molar-refractivity contribution in [1.29, 1.82) is 0 Å². The number of anilines is 3. The first-order chi connectivity index (χ1) is 20.8. The Labute approximate surface area is 244 Å². The summed E-state index contributed by atoms with van der Waals surface area (Å²) in [6, 6.07) is 58.1. The van der Waals surface area contributed by atoms with Gasteiger partial charge in [0, 0.05) is 27.8 Å². The van der Waals surface area contributed by atoms with Crippen molar-refractivity contribution < 1.29 is 4.42 Å². The van der Waals surface area contributed by atoms with Crippen LogP contribution in [-0.4, -0.2) is 0 Å². The lowest BCUT2D eigenvalue weighted by Crippen LogP contribution is -2.09. The minimum atomic E-state index is 0.919. The molecule has 42 heavy (non-hydrogen) atoms. The molecule has 0 unspecified atom stereocenters. The van der Waals surface area contributed by atoms with E-state index in [1.54, 1.807) is 0 Å². The Bertz CT molecular complexity index is 2180. The third kappa shape index (κ3) is 4.31. The van der Waals surface area contributed by atoms with Crippen molar-refractivity contribution in [2.45, 2.75) is 0 Å². The maximum atomic E-state index is 6.15. The van der Waals surface area contributed by atoms with Gasteiger partial charge in [0.2, 0.25) is 0 Å². The molecule has 0 saturated heterocycles. The third-order valence-electron chi connectivity index (χ3n) is 8.02. The van der Waals surface area contributed by atoms with E-state index in [1.807, 2.05) is 12.1 Å². The van der Waals surface area contributed by atoms with Crippen LogP contribution in [0.2, 0.25) is 0 Å². The molecule has 0 bridgehead atoms. The first-order valence-electron chi connectivity index (χ1n) is 14.3. The smallest absolute Gasteiger partial charge is 0.136 e. The van der Waals surface area contributed by atoms with Crippen LogP contribution in [0.3, 0.4) is 0 Å². The summed E-state index contributed by atoms with van der Waals surface area (Å²) in [5.41, 5.74) is 9.99. The summed E-state index contributed by atoms with van der Waals surface area (Å²) >= 11 is 0. The summed E-state index contributed by atoms with van der Waals surface area (Å²) in [4.78, 5) is 2.33. The zero-order valence-electron chi connectivity index (χ0n) is 22.9. The lowest BCUT2D eigenvalue weighted by atomic mass is 9.99. The molecule has 198 valence electrons. The minimum Gasteiger partial charge on any atom is -0.456 e. The molecule has 0 fully saturated rings. The summed E-state index contributed by atoms with van der Waals surface area (Å²) in [5.74, 6) is 0. The lowest BCUT2D eigenvalue weighted by molar-refractivity contribution is 0.669. The Morgan fingerprint density at radius 3 is 1.76 bits per heavy atom. The van der Waals surface area contributed by atoms with E-state index < -0.39 is 0 Å². The molecule has 0 spiro atoms. The molecule has 0 atom stereocenters. The van der Waals surface area contributed by atoms with E-state index in [9.17, 15) is 0 Å². The molecular formula is C40H27NO. The fourth-order valence-corrected chi connectivity index (χ4v) is 5.93. The van der Waals surface area contributed by atoms with Crippen molar-refractivity contribution in [3.8, 4) is 22.3 Å². The number of rotatable bonds is 5. The molecule has 2 heteroatoms. The second kappa shape index (κ2) is 10.1. The minimum absolute atomic E-state index is 0.919. The van der Waals surface area contributed by atoms with E-state index >= 15 is 0 Å². The summed E-state index contributed by atoms with van der Waals surface area (Å²) in [5, 5.41) is 4.62. The average molecular weight is 538 g/mol. The topological polar surface area (TPSA) is 16.4 Å². The maximum Gasteiger partial charge on any atom is 0.136 e. The zero-order valence-corrected chi connectivity index (χ0v) is 22.9. The summed E-state index contributed by atoms with van der Waals surface area (Å²) in [6.07, 6.45) is 0. The number of benzene rings is 7. The highest BCUT2D eigenvalue weighted by molar-refractivity contribution is 6.10. The number of fused-ring (bicyclic) bond motifs is 4. The third-order valence-corrected chi connectivity index (χ3v) is 8.02. The van der Waals surface area contributed by atoms with Crippen LogP contribution in [0.1, 0.15) is 0 Å². The summed E-state index contributed by atoms with van der Waals surface area (Å²) < 4.78 is 6.15. The Hall–Kier alpha value is -5.60. The molecule has 8 aromatic rings. The molecule has 0 aliphatic rings. The average Bonchev–Trinajstić information content (AvgIpc) is 3.42. The SMILES string of the molecule is c1ccc(-c2ccc(-c3cccc(N(c4ccccc4)c4ccc5cc6oc7ccccc7c6cc5c4)c3)cc2)cc1. The second-order valence-electron chi connectivity index (χ2n) is 10.6. The van der Waals surface area contributed by atoms with Crippen LogP contribution in [0.4, 0.5) is 17.1 Å². The standard InChI is InChI=1S/C40H27NO/c1-3-10-28(11-4-1)29-18-20-30(21-19-29)31-12-9-15-35(24-31)41(34-13-5-2-6-14-34)36-23-22-32-27-40-38(26-33(32)25-36)37-16-7-8-17-39(37)42-40/h1-27H. The van der Waals surface area contributed by atoms with Gasteiger partial charge in [0.05, 0.1) is 0 Å². The molecule has 8 rings (SSSR count). The highest BCUT2D eigenvalue weighted by Crippen LogP contribution is 2.39. The van der Waals surface area contributed by atoms with E-state index in [2.05, 4.69) is 157 Å². The summed E-state index contributed by atoms with van der Waals surface area (Å²) in [6.45, 7) is 0. The quantitative estimate of drug-likeness (QED) is 0.217. The normalized spacial score (nSPS) is 11.3. The molecule has 0 N–H and O–H groups in total. The van der Waals surface area contributed by atoms with Crippen LogP contribution >= 0.6 is 0 Å². The number of furan rings is 1. The van der Waals surface area contributed by atoms with Gasteiger partial charge in [0.15, 0.2) is 0 Å². The van der Waals surface area contributed by atoms with Gasteiger partial charge in [-0.1, -0.05) is 109 Å². The van der Waals surface area contributed by atoms with Crippen molar-refractivity contribution >= 4 is 49.8 Å². The van der Waals surface area contributed by atoms with Crippen LogP contribution in [0, 0.1) is 0 Å². The Kier molecular flexibility index (Phi) is 5.82. The van der Waals surface area contributed by atoms with Crippen molar-refractivity contribution in [2.75, 3.05) is 4.90 Å². The monoisotopic (exact) mass is 537 g/mol. The van der Waals surface area contributed by atoms with Crippen LogP contribution in [-0.2, 0) is 0 Å². The fourth-order valence-electron chi connectivity index (χ4n) is 5.93. The first kappa shape index (κ1) is 24.2. The van der Waals surface area contributed by atoms with Crippen molar-refractivity contribution in [3.63, 3.8) is 0 Å². The van der Waals surface area contributed by atoms with Gasteiger partial charge in [-0.3, -0.25) is 0 Å². The molecule has 2 nitrogen and oxygen atoms in total. The van der Waals surface area contributed by atoms with Gasteiger partial charge in [-0.25, -0.2) is 0 Å². The fraction of sp³-hybridized carbons (Fsp3) is 0. The molecule has 7 aromatic carbocycles. The zero-order chi connectivity index (χ0) is 27.9. The largest absolute Gasteiger partial charge is 0.456 e. The first-order valence-corrected chi connectivity index (χ1v) is 14.3. The van der Waals surface area contributed by atoms with Gasteiger partial charge < -0.3 is 9.32 Å². The van der Waals surface area contributed by atoms with Crippen LogP contribution < -0.4 is 4.90 Å². The van der Waals surface area contributed by atoms with Crippen LogP contribution in [0.25, 0.3) is 55.0 Å². The van der Waals surface area contributed by atoms with Gasteiger partial charge in [0.1, 0.15) is 11.2 Å². The number of nitrogens with zero attached hydrogens (tertiary/aromatic N) is 1. The second-order valence-corrected chi connectivity index (χ2v) is 10.6. The predicted octanol–water partition coefficient (Wildman–Crippen LogP) is 11.5. The number of hydrogen-bond donors (Lipinski definition) is 0. The van der Waals surface area contributed by atoms with Gasteiger partial charge in [-0.05, 0) is 87.6 Å². The highest BCUT2D eigenvalue weighted by Gasteiger charge is 2.15. The van der Waals surface area contributed by atoms with Crippen molar-refractivity contribution in [2.24, 2.45) is 0 Å². The number of para-hydroxylation sites is 2. The van der Waals surface area contributed by atoms with Gasteiger partial charge in [-0.2, -0.15) is 0 Å². The molecule has 0 radical (unpaired) electrons. The van der Waals surface area contributed by atoms with Crippen molar-refractivity contribution in [1.82, 2.24) is 0 Å². The predicted molar refractivity (Wildman–Crippen MR) is 177 cm³/mol. The van der Waals surface area contributed by atoms with E-state index in [4.69, 9.17) is 4.42 Å². The van der Waals surface area contributed by atoms with E-state index in [1.165, 1.54) is 27.6 Å². The molecule has 1 aromatic heterocycles. The molecule has 0 saturated carbocycles. The molecule has 1 heterocycles. The molecule has 0 amide bonds. The van der Waals surface area contributed by atoms with Gasteiger partial charge in [0.25, 0.3) is 0 Å². The Balaban J connectivity index is 1.23. The lowest BCUT2D eigenvalue weighted by Gasteiger charge is -2.26.